The molecule has 0 aromatic heterocycles. The van der Waals surface area contributed by atoms with Gasteiger partial charge in [-0.1, -0.05) is 12.1 Å². The molecule has 0 aliphatic heterocycles. The quantitative estimate of drug-likeness (QED) is 0.266. The number of carbonyl (C=O) groups excluding carboxylic acids is 1. The van der Waals surface area contributed by atoms with E-state index in [1.807, 2.05) is 5.48 Å². The summed E-state index contributed by atoms with van der Waals surface area (Å²) < 4.78 is 54.4. The van der Waals surface area contributed by atoms with E-state index in [4.69, 9.17) is 4.84 Å². The van der Waals surface area contributed by atoms with Gasteiger partial charge < -0.3 is 10.2 Å². The molecule has 0 aliphatic carbocycles. The molecule has 0 radical (unpaired) electrons. The first-order valence-electron chi connectivity index (χ1n) is 7.70. The lowest BCUT2D eigenvalue weighted by molar-refractivity contribution is -0.121. The standard InChI is InChI=1S/C17H16F4N2O4/c18-12-3-1-10(14(20)16(12)25)7-23(5-6-27-22-9-24)8-11-2-4-13(19)17(26)15(11)21/h1-4,9,25-26H,5-8H2,(H,22,24). The van der Waals surface area contributed by atoms with Crippen LogP contribution in [0.5, 0.6) is 11.5 Å². The predicted octanol–water partition coefficient (Wildman–Crippen LogP) is 2.33. The number of hydrogen-bond donors (Lipinski definition) is 3. The molecular weight excluding hydrogens is 372 g/mol. The number of aromatic hydroxyl groups is 2. The van der Waals surface area contributed by atoms with E-state index >= 15 is 0 Å². The van der Waals surface area contributed by atoms with Crippen LogP contribution in [0.15, 0.2) is 24.3 Å². The molecule has 0 unspecified atom stereocenters. The maximum atomic E-state index is 14.0. The number of phenolic OH excluding ortho intramolecular Hbond substituents is 2. The topological polar surface area (TPSA) is 82.0 Å². The van der Waals surface area contributed by atoms with Crippen LogP contribution in [0, 0.1) is 23.3 Å². The van der Waals surface area contributed by atoms with Crippen LogP contribution in [0.4, 0.5) is 17.6 Å². The van der Waals surface area contributed by atoms with Crippen molar-refractivity contribution in [1.82, 2.24) is 10.4 Å². The normalized spacial score (nSPS) is 11.0. The first-order chi connectivity index (χ1) is 12.8. The minimum atomic E-state index is -1.17. The van der Waals surface area contributed by atoms with Crippen LogP contribution in [-0.2, 0) is 22.7 Å². The summed E-state index contributed by atoms with van der Waals surface area (Å²) in [6.07, 6.45) is 0.291. The van der Waals surface area contributed by atoms with Crippen molar-refractivity contribution >= 4 is 6.41 Å². The van der Waals surface area contributed by atoms with Crippen LogP contribution in [0.2, 0.25) is 0 Å². The molecule has 0 heterocycles. The van der Waals surface area contributed by atoms with Crippen molar-refractivity contribution in [3.8, 4) is 11.5 Å². The third kappa shape index (κ3) is 5.08. The van der Waals surface area contributed by atoms with E-state index in [2.05, 4.69) is 0 Å². The second-order valence-corrected chi connectivity index (χ2v) is 5.53. The second kappa shape index (κ2) is 9.19. The highest BCUT2D eigenvalue weighted by atomic mass is 19.1. The van der Waals surface area contributed by atoms with E-state index in [1.165, 1.54) is 4.90 Å². The van der Waals surface area contributed by atoms with Crippen LogP contribution in [0.3, 0.4) is 0 Å². The maximum Gasteiger partial charge on any atom is 0.230 e. The number of halogens is 4. The Morgan fingerprint density at radius 2 is 1.41 bits per heavy atom. The number of nitrogens with one attached hydrogen (secondary N) is 1. The van der Waals surface area contributed by atoms with Gasteiger partial charge >= 0.3 is 0 Å². The molecule has 0 atom stereocenters. The van der Waals surface area contributed by atoms with E-state index in [1.54, 1.807) is 0 Å². The fourth-order valence-electron chi connectivity index (χ4n) is 2.37. The molecule has 0 spiro atoms. The second-order valence-electron chi connectivity index (χ2n) is 5.53. The molecule has 27 heavy (non-hydrogen) atoms. The van der Waals surface area contributed by atoms with E-state index in [0.717, 1.165) is 24.3 Å². The Kier molecular flexibility index (Phi) is 6.97. The van der Waals surface area contributed by atoms with Gasteiger partial charge in [0.1, 0.15) is 0 Å². The molecule has 2 aromatic carbocycles. The lowest BCUT2D eigenvalue weighted by atomic mass is 10.1. The van der Waals surface area contributed by atoms with Crippen LogP contribution in [-0.4, -0.2) is 34.7 Å². The summed E-state index contributed by atoms with van der Waals surface area (Å²) >= 11 is 0. The van der Waals surface area contributed by atoms with Gasteiger partial charge in [0.15, 0.2) is 34.8 Å². The Balaban J connectivity index is 2.22. The van der Waals surface area contributed by atoms with Gasteiger partial charge in [-0.05, 0) is 12.1 Å². The van der Waals surface area contributed by atoms with Crippen LogP contribution < -0.4 is 5.48 Å². The summed E-state index contributed by atoms with van der Waals surface area (Å²) in [5.74, 6) is -6.88. The molecule has 0 bridgehead atoms. The molecular formula is C17H16F4N2O4. The molecule has 0 fully saturated rings. The largest absolute Gasteiger partial charge is 0.503 e. The molecule has 0 aliphatic rings. The first-order valence-corrected chi connectivity index (χ1v) is 7.70. The van der Waals surface area contributed by atoms with Crippen LogP contribution in [0.1, 0.15) is 11.1 Å². The maximum absolute atomic E-state index is 14.0. The van der Waals surface area contributed by atoms with Crippen LogP contribution >= 0.6 is 0 Å². The van der Waals surface area contributed by atoms with Gasteiger partial charge in [-0.15, -0.1) is 0 Å². The monoisotopic (exact) mass is 388 g/mol. The van der Waals surface area contributed by atoms with Crippen molar-refractivity contribution < 1.29 is 37.4 Å². The molecule has 146 valence electrons. The molecule has 10 heteroatoms. The zero-order chi connectivity index (χ0) is 20.0. The highest BCUT2D eigenvalue weighted by Crippen LogP contribution is 2.26. The zero-order valence-electron chi connectivity index (χ0n) is 13.9. The Hall–Kier alpha value is -2.85. The molecule has 1 amide bonds. The van der Waals surface area contributed by atoms with Crippen molar-refractivity contribution in [3.05, 3.63) is 58.7 Å². The van der Waals surface area contributed by atoms with E-state index in [0.29, 0.717) is 6.41 Å². The van der Waals surface area contributed by atoms with Crippen molar-refractivity contribution in [1.29, 1.82) is 0 Å². The minimum Gasteiger partial charge on any atom is -0.503 e. The van der Waals surface area contributed by atoms with Gasteiger partial charge in [-0.3, -0.25) is 14.5 Å². The number of hydroxylamine groups is 1. The number of hydrogen-bond acceptors (Lipinski definition) is 5. The number of nitrogens with zero attached hydrogens (tertiary/aromatic N) is 1. The highest BCUT2D eigenvalue weighted by Gasteiger charge is 2.19. The number of rotatable bonds is 9. The number of phenols is 2. The van der Waals surface area contributed by atoms with Crippen molar-refractivity contribution in [2.24, 2.45) is 0 Å². The minimum absolute atomic E-state index is 0.0516. The lowest BCUT2D eigenvalue weighted by Gasteiger charge is -2.23. The third-order valence-corrected chi connectivity index (χ3v) is 3.72. The van der Waals surface area contributed by atoms with Crippen molar-refractivity contribution in [3.63, 3.8) is 0 Å². The summed E-state index contributed by atoms with van der Waals surface area (Å²) in [4.78, 5) is 16.4. The van der Waals surface area contributed by atoms with E-state index < -0.39 is 34.8 Å². The smallest absolute Gasteiger partial charge is 0.230 e. The average Bonchev–Trinajstić information content (AvgIpc) is 2.65. The molecule has 3 N–H and O–H groups in total. The average molecular weight is 388 g/mol. The Bertz CT molecular complexity index is 761. The SMILES string of the molecule is O=CNOCCN(Cc1ccc(F)c(O)c1F)Cc1ccc(F)c(O)c1F. The number of amides is 1. The molecule has 6 nitrogen and oxygen atoms in total. The molecule has 0 saturated carbocycles. The summed E-state index contributed by atoms with van der Waals surface area (Å²) in [5, 5.41) is 18.7. The van der Waals surface area contributed by atoms with Crippen LogP contribution in [0.25, 0.3) is 0 Å². The predicted molar refractivity (Wildman–Crippen MR) is 85.3 cm³/mol. The van der Waals surface area contributed by atoms with Crippen molar-refractivity contribution in [2.45, 2.75) is 13.1 Å². The summed E-state index contributed by atoms with van der Waals surface area (Å²) in [6.45, 7) is -0.401. The van der Waals surface area contributed by atoms with E-state index in [-0.39, 0.29) is 37.4 Å². The fraction of sp³-hybridized carbons (Fsp3) is 0.235. The van der Waals surface area contributed by atoms with Gasteiger partial charge in [0.05, 0.1) is 6.61 Å². The summed E-state index contributed by atoms with van der Waals surface area (Å²) in [5.41, 5.74) is 1.79. The van der Waals surface area contributed by atoms with Crippen molar-refractivity contribution in [2.75, 3.05) is 13.2 Å². The van der Waals surface area contributed by atoms with Gasteiger partial charge in [-0.25, -0.2) is 23.0 Å². The number of carbonyl (C=O) groups is 1. The van der Waals surface area contributed by atoms with Gasteiger partial charge in [0, 0.05) is 30.8 Å². The third-order valence-electron chi connectivity index (χ3n) is 3.72. The Labute approximate surface area is 151 Å². The summed E-state index contributed by atoms with van der Waals surface area (Å²) in [7, 11) is 0. The van der Waals surface area contributed by atoms with E-state index in [9.17, 15) is 32.6 Å². The first kappa shape index (κ1) is 20.5. The Morgan fingerprint density at radius 1 is 0.926 bits per heavy atom. The highest BCUT2D eigenvalue weighted by molar-refractivity contribution is 5.43. The Morgan fingerprint density at radius 3 is 1.85 bits per heavy atom. The fourth-order valence-corrected chi connectivity index (χ4v) is 2.37. The zero-order valence-corrected chi connectivity index (χ0v) is 13.9. The number of benzene rings is 2. The molecule has 2 aromatic rings. The van der Waals surface area contributed by atoms with Gasteiger partial charge in [-0.2, -0.15) is 0 Å². The molecule has 2 rings (SSSR count). The van der Waals surface area contributed by atoms with Gasteiger partial charge in [0.25, 0.3) is 0 Å². The lowest BCUT2D eigenvalue weighted by Crippen LogP contribution is -2.29. The molecule has 0 saturated heterocycles. The van der Waals surface area contributed by atoms with Gasteiger partial charge in [0.2, 0.25) is 6.41 Å². The summed E-state index contributed by atoms with van der Waals surface area (Å²) in [6, 6.07) is 3.97.